The van der Waals surface area contributed by atoms with Crippen molar-refractivity contribution in [3.05, 3.63) is 53.9 Å². The summed E-state index contributed by atoms with van der Waals surface area (Å²) in [7, 11) is 0. The Morgan fingerprint density at radius 3 is 2.71 bits per heavy atom. The maximum atomic E-state index is 4.69. The lowest BCUT2D eigenvalue weighted by Gasteiger charge is -2.07. The quantitative estimate of drug-likeness (QED) is 0.780. The van der Waals surface area contributed by atoms with Crippen molar-refractivity contribution in [2.45, 2.75) is 33.5 Å². The Morgan fingerprint density at radius 1 is 1.10 bits per heavy atom. The Labute approximate surface area is 124 Å². The fraction of sp³-hybridized carbons (Fsp3) is 0.312. The molecule has 0 bridgehead atoms. The molecule has 2 heterocycles. The van der Waals surface area contributed by atoms with Crippen LogP contribution in [-0.2, 0) is 19.6 Å². The largest absolute Gasteiger partial charge is 0.327 e. The maximum absolute atomic E-state index is 4.69. The molecular formula is C16H19N5. The van der Waals surface area contributed by atoms with Gasteiger partial charge < -0.3 is 9.88 Å². The Hall–Kier alpha value is -2.27. The molecule has 0 aliphatic carbocycles. The Bertz CT molecular complexity index is 730. The van der Waals surface area contributed by atoms with E-state index in [9.17, 15) is 0 Å². The summed E-state index contributed by atoms with van der Waals surface area (Å²) in [6.07, 6.45) is 3.60. The Kier molecular flexibility index (Phi) is 3.92. The minimum absolute atomic E-state index is 0.695. The molecular weight excluding hydrogens is 262 g/mol. The number of rotatable bonds is 5. The van der Waals surface area contributed by atoms with Gasteiger partial charge in [0.25, 0.3) is 0 Å². The number of fused-ring (bicyclic) bond motifs is 1. The molecule has 0 aliphatic heterocycles. The zero-order valence-corrected chi connectivity index (χ0v) is 12.4. The van der Waals surface area contributed by atoms with Gasteiger partial charge in [-0.2, -0.15) is 0 Å². The lowest BCUT2D eigenvalue weighted by Crippen LogP contribution is -2.17. The van der Waals surface area contributed by atoms with Gasteiger partial charge in [0.2, 0.25) is 0 Å². The predicted molar refractivity (Wildman–Crippen MR) is 82.7 cm³/mol. The Balaban J connectivity index is 1.71. The smallest absolute Gasteiger partial charge is 0.123 e. The molecule has 0 aliphatic rings. The first-order valence-corrected chi connectivity index (χ1v) is 7.20. The van der Waals surface area contributed by atoms with Gasteiger partial charge in [-0.25, -0.2) is 4.98 Å². The molecule has 1 aromatic carbocycles. The van der Waals surface area contributed by atoms with E-state index >= 15 is 0 Å². The van der Waals surface area contributed by atoms with Crippen LogP contribution in [-0.4, -0.2) is 19.5 Å². The summed E-state index contributed by atoms with van der Waals surface area (Å²) in [4.78, 5) is 13.3. The number of imidazole rings is 1. The summed E-state index contributed by atoms with van der Waals surface area (Å²) in [6.45, 7) is 6.41. The van der Waals surface area contributed by atoms with E-state index in [0.29, 0.717) is 6.54 Å². The summed E-state index contributed by atoms with van der Waals surface area (Å²) >= 11 is 0. The average molecular weight is 281 g/mol. The van der Waals surface area contributed by atoms with Gasteiger partial charge in [0.05, 0.1) is 29.0 Å². The van der Waals surface area contributed by atoms with E-state index in [0.717, 1.165) is 35.8 Å². The number of nitrogens with one attached hydrogen (secondary N) is 1. The van der Waals surface area contributed by atoms with Gasteiger partial charge in [-0.3, -0.25) is 9.97 Å². The van der Waals surface area contributed by atoms with Gasteiger partial charge >= 0.3 is 0 Å². The van der Waals surface area contributed by atoms with Crippen molar-refractivity contribution in [1.29, 1.82) is 0 Å². The summed E-state index contributed by atoms with van der Waals surface area (Å²) in [5, 5.41) is 3.39. The first-order chi connectivity index (χ1) is 10.3. The lowest BCUT2D eigenvalue weighted by molar-refractivity contribution is 0.613. The van der Waals surface area contributed by atoms with Gasteiger partial charge in [0.1, 0.15) is 5.82 Å². The second-order valence-corrected chi connectivity index (χ2v) is 5.01. The van der Waals surface area contributed by atoms with Crippen molar-refractivity contribution < 1.29 is 0 Å². The lowest BCUT2D eigenvalue weighted by atomic mass is 10.3. The minimum Gasteiger partial charge on any atom is -0.327 e. The third-order valence-electron chi connectivity index (χ3n) is 3.47. The van der Waals surface area contributed by atoms with Crippen molar-refractivity contribution in [2.24, 2.45) is 0 Å². The molecule has 3 aromatic rings. The fourth-order valence-corrected chi connectivity index (χ4v) is 2.43. The van der Waals surface area contributed by atoms with E-state index in [-0.39, 0.29) is 0 Å². The number of hydrogen-bond donors (Lipinski definition) is 1. The van der Waals surface area contributed by atoms with Crippen LogP contribution in [0.2, 0.25) is 0 Å². The van der Waals surface area contributed by atoms with Gasteiger partial charge in [0.15, 0.2) is 0 Å². The Morgan fingerprint density at radius 2 is 1.95 bits per heavy atom. The number of aryl methyl sites for hydroxylation is 2. The summed E-state index contributed by atoms with van der Waals surface area (Å²) < 4.78 is 2.24. The van der Waals surface area contributed by atoms with Crippen molar-refractivity contribution in [2.75, 3.05) is 0 Å². The zero-order valence-electron chi connectivity index (χ0n) is 12.4. The topological polar surface area (TPSA) is 55.6 Å². The third kappa shape index (κ3) is 2.92. The monoisotopic (exact) mass is 281 g/mol. The molecule has 0 saturated carbocycles. The SMILES string of the molecule is CCn1c(CNCc2cnc(C)cn2)nc2ccccc21. The van der Waals surface area contributed by atoms with E-state index in [1.165, 1.54) is 5.52 Å². The normalized spacial score (nSPS) is 11.1. The molecule has 0 atom stereocenters. The van der Waals surface area contributed by atoms with Gasteiger partial charge in [-0.15, -0.1) is 0 Å². The second-order valence-electron chi connectivity index (χ2n) is 5.01. The van der Waals surface area contributed by atoms with Gasteiger partial charge in [-0.05, 0) is 26.0 Å². The molecule has 5 heteroatoms. The van der Waals surface area contributed by atoms with Crippen LogP contribution in [0.5, 0.6) is 0 Å². The van der Waals surface area contributed by atoms with Crippen LogP contribution in [0.15, 0.2) is 36.7 Å². The number of hydrogen-bond acceptors (Lipinski definition) is 4. The van der Waals surface area contributed by atoms with E-state index in [2.05, 4.69) is 45.0 Å². The molecule has 108 valence electrons. The molecule has 5 nitrogen and oxygen atoms in total. The predicted octanol–water partition coefficient (Wildman–Crippen LogP) is 2.44. The highest BCUT2D eigenvalue weighted by Crippen LogP contribution is 2.15. The molecule has 1 N–H and O–H groups in total. The minimum atomic E-state index is 0.695. The van der Waals surface area contributed by atoms with E-state index in [1.807, 2.05) is 19.2 Å². The number of aromatic nitrogens is 4. The molecule has 0 radical (unpaired) electrons. The van der Waals surface area contributed by atoms with Crippen molar-refractivity contribution in [3.63, 3.8) is 0 Å². The number of benzene rings is 1. The van der Waals surface area contributed by atoms with Crippen molar-refractivity contribution >= 4 is 11.0 Å². The third-order valence-corrected chi connectivity index (χ3v) is 3.47. The fourth-order valence-electron chi connectivity index (χ4n) is 2.43. The standard InChI is InChI=1S/C16H19N5/c1-3-21-15-7-5-4-6-14(15)20-16(21)11-17-9-13-10-18-12(2)8-19-13/h4-8,10,17H,3,9,11H2,1-2H3. The molecule has 0 fully saturated rings. The first-order valence-electron chi connectivity index (χ1n) is 7.20. The van der Waals surface area contributed by atoms with E-state index < -0.39 is 0 Å². The van der Waals surface area contributed by atoms with E-state index in [1.54, 1.807) is 6.20 Å². The summed E-state index contributed by atoms with van der Waals surface area (Å²) in [5.41, 5.74) is 4.12. The zero-order chi connectivity index (χ0) is 14.7. The van der Waals surface area contributed by atoms with Crippen LogP contribution in [0.4, 0.5) is 0 Å². The number of nitrogens with zero attached hydrogens (tertiary/aromatic N) is 4. The van der Waals surface area contributed by atoms with Crippen LogP contribution in [0.1, 0.15) is 24.1 Å². The van der Waals surface area contributed by atoms with Crippen LogP contribution in [0.3, 0.4) is 0 Å². The molecule has 0 saturated heterocycles. The molecule has 0 spiro atoms. The van der Waals surface area contributed by atoms with Crippen LogP contribution in [0.25, 0.3) is 11.0 Å². The highest BCUT2D eigenvalue weighted by atomic mass is 15.1. The van der Waals surface area contributed by atoms with Crippen LogP contribution < -0.4 is 5.32 Å². The summed E-state index contributed by atoms with van der Waals surface area (Å²) in [6, 6.07) is 8.24. The highest BCUT2D eigenvalue weighted by molar-refractivity contribution is 5.75. The molecule has 0 unspecified atom stereocenters. The highest BCUT2D eigenvalue weighted by Gasteiger charge is 2.08. The van der Waals surface area contributed by atoms with Crippen molar-refractivity contribution in [1.82, 2.24) is 24.8 Å². The van der Waals surface area contributed by atoms with Gasteiger partial charge in [0, 0.05) is 25.5 Å². The second kappa shape index (κ2) is 6.01. The average Bonchev–Trinajstić information content (AvgIpc) is 2.86. The molecule has 3 rings (SSSR count). The molecule has 0 amide bonds. The molecule has 2 aromatic heterocycles. The first kappa shape index (κ1) is 13.7. The van der Waals surface area contributed by atoms with Crippen molar-refractivity contribution in [3.8, 4) is 0 Å². The van der Waals surface area contributed by atoms with Crippen LogP contribution in [0, 0.1) is 6.92 Å². The number of para-hydroxylation sites is 2. The van der Waals surface area contributed by atoms with Crippen LogP contribution >= 0.6 is 0 Å². The maximum Gasteiger partial charge on any atom is 0.123 e. The van der Waals surface area contributed by atoms with Gasteiger partial charge in [-0.1, -0.05) is 12.1 Å². The molecule has 21 heavy (non-hydrogen) atoms. The van der Waals surface area contributed by atoms with E-state index in [4.69, 9.17) is 4.98 Å². The summed E-state index contributed by atoms with van der Waals surface area (Å²) in [5.74, 6) is 1.05.